The summed E-state index contributed by atoms with van der Waals surface area (Å²) in [5.74, 6) is -0.407. The number of carbonyl (C=O) groups excluding carboxylic acids is 1. The van der Waals surface area contributed by atoms with Crippen molar-refractivity contribution < 1.29 is 9.18 Å². The van der Waals surface area contributed by atoms with E-state index in [9.17, 15) is 9.18 Å². The van der Waals surface area contributed by atoms with Crippen molar-refractivity contribution in [2.75, 3.05) is 13.2 Å². The Hall–Kier alpha value is -1.16. The zero-order chi connectivity index (χ0) is 9.68. The molecule has 5 heteroatoms. The predicted molar refractivity (Wildman–Crippen MR) is 47.6 cm³/mol. The number of carbonyl (C=O) groups is 1. The number of hydrogen-bond donors (Lipinski definition) is 1. The molecule has 0 atom stereocenters. The highest BCUT2D eigenvalue weighted by molar-refractivity contribution is 6.33. The van der Waals surface area contributed by atoms with Gasteiger partial charge in [0.15, 0.2) is 0 Å². The van der Waals surface area contributed by atoms with Gasteiger partial charge >= 0.3 is 0 Å². The second-order valence-electron chi connectivity index (χ2n) is 2.30. The summed E-state index contributed by atoms with van der Waals surface area (Å²) in [4.78, 5) is 15.0. The van der Waals surface area contributed by atoms with E-state index in [1.165, 1.54) is 18.5 Å². The first-order valence-corrected chi connectivity index (χ1v) is 4.07. The molecule has 0 aliphatic heterocycles. The van der Waals surface area contributed by atoms with Crippen LogP contribution in [0.4, 0.5) is 4.39 Å². The van der Waals surface area contributed by atoms with Crippen LogP contribution in [-0.4, -0.2) is 24.1 Å². The number of aromatic nitrogens is 1. The van der Waals surface area contributed by atoms with Crippen LogP contribution in [0, 0.1) is 0 Å². The Morgan fingerprint density at radius 1 is 1.69 bits per heavy atom. The van der Waals surface area contributed by atoms with E-state index in [1.54, 1.807) is 0 Å². The Balaban J connectivity index is 2.71. The molecule has 1 amide bonds. The van der Waals surface area contributed by atoms with E-state index in [4.69, 9.17) is 11.6 Å². The summed E-state index contributed by atoms with van der Waals surface area (Å²) in [7, 11) is 0. The van der Waals surface area contributed by atoms with Gasteiger partial charge in [0, 0.05) is 18.9 Å². The summed E-state index contributed by atoms with van der Waals surface area (Å²) in [6.07, 6.45) is 2.82. The SMILES string of the molecule is O=C(NCCF)c1cnccc1Cl. The standard InChI is InChI=1S/C8H8ClFN2O/c9-7-1-3-11-5-6(7)8(13)12-4-2-10/h1,3,5H,2,4H2,(H,12,13). The van der Waals surface area contributed by atoms with Crippen molar-refractivity contribution in [1.82, 2.24) is 10.3 Å². The van der Waals surface area contributed by atoms with Crippen molar-refractivity contribution >= 4 is 17.5 Å². The zero-order valence-corrected chi connectivity index (χ0v) is 7.51. The van der Waals surface area contributed by atoms with Gasteiger partial charge in [-0.15, -0.1) is 0 Å². The van der Waals surface area contributed by atoms with Gasteiger partial charge < -0.3 is 5.32 Å². The molecule has 0 bridgehead atoms. The van der Waals surface area contributed by atoms with Crippen LogP contribution in [0.3, 0.4) is 0 Å². The lowest BCUT2D eigenvalue weighted by Crippen LogP contribution is -2.25. The smallest absolute Gasteiger partial charge is 0.254 e. The third kappa shape index (κ3) is 2.66. The maximum atomic E-state index is 11.7. The van der Waals surface area contributed by atoms with Crippen LogP contribution in [0.5, 0.6) is 0 Å². The molecular formula is C8H8ClFN2O. The number of amides is 1. The molecule has 1 N–H and O–H groups in total. The summed E-state index contributed by atoms with van der Waals surface area (Å²) in [5.41, 5.74) is 0.262. The highest BCUT2D eigenvalue weighted by atomic mass is 35.5. The minimum Gasteiger partial charge on any atom is -0.349 e. The third-order valence-corrected chi connectivity index (χ3v) is 1.72. The molecule has 0 saturated heterocycles. The summed E-state index contributed by atoms with van der Waals surface area (Å²) in [6.45, 7) is -0.603. The van der Waals surface area contributed by atoms with Gasteiger partial charge in [-0.3, -0.25) is 9.78 Å². The monoisotopic (exact) mass is 202 g/mol. The molecule has 70 valence electrons. The number of pyridine rings is 1. The van der Waals surface area contributed by atoms with Gasteiger partial charge in [0.05, 0.1) is 10.6 Å². The van der Waals surface area contributed by atoms with Gasteiger partial charge in [-0.2, -0.15) is 0 Å². The third-order valence-electron chi connectivity index (χ3n) is 1.39. The molecule has 1 rings (SSSR count). The molecule has 0 spiro atoms. The van der Waals surface area contributed by atoms with E-state index < -0.39 is 12.6 Å². The fourth-order valence-corrected chi connectivity index (χ4v) is 0.992. The molecular weight excluding hydrogens is 195 g/mol. The Bertz CT molecular complexity index is 306. The van der Waals surface area contributed by atoms with Crippen molar-refractivity contribution in [3.63, 3.8) is 0 Å². The number of hydrogen-bond acceptors (Lipinski definition) is 2. The van der Waals surface area contributed by atoms with Crippen molar-refractivity contribution in [1.29, 1.82) is 0 Å². The molecule has 0 radical (unpaired) electrons. The van der Waals surface area contributed by atoms with Crippen LogP contribution in [-0.2, 0) is 0 Å². The molecule has 13 heavy (non-hydrogen) atoms. The maximum absolute atomic E-state index is 11.7. The van der Waals surface area contributed by atoms with Crippen molar-refractivity contribution in [3.8, 4) is 0 Å². The van der Waals surface area contributed by atoms with Crippen LogP contribution in [0.25, 0.3) is 0 Å². The lowest BCUT2D eigenvalue weighted by molar-refractivity contribution is 0.0950. The second kappa shape index (κ2) is 4.77. The molecule has 0 aromatic carbocycles. The first-order chi connectivity index (χ1) is 6.25. The average Bonchev–Trinajstić information content (AvgIpc) is 2.15. The zero-order valence-electron chi connectivity index (χ0n) is 6.76. The van der Waals surface area contributed by atoms with Crippen LogP contribution < -0.4 is 5.32 Å². The molecule has 3 nitrogen and oxygen atoms in total. The number of rotatable bonds is 3. The fraction of sp³-hybridized carbons (Fsp3) is 0.250. The van der Waals surface area contributed by atoms with Gasteiger partial charge in [-0.1, -0.05) is 11.6 Å². The highest BCUT2D eigenvalue weighted by Gasteiger charge is 2.08. The molecule has 1 aromatic heterocycles. The minimum atomic E-state index is -0.594. The lowest BCUT2D eigenvalue weighted by Gasteiger charge is -2.02. The largest absolute Gasteiger partial charge is 0.349 e. The minimum absolute atomic E-state index is 0.00986. The molecule has 0 unspecified atom stereocenters. The van der Waals surface area contributed by atoms with Gasteiger partial charge in [-0.05, 0) is 6.07 Å². The molecule has 1 heterocycles. The van der Waals surface area contributed by atoms with Crippen LogP contribution in [0.2, 0.25) is 5.02 Å². The van der Waals surface area contributed by atoms with Gasteiger partial charge in [0.25, 0.3) is 5.91 Å². The van der Waals surface area contributed by atoms with Crippen LogP contribution in [0.15, 0.2) is 18.5 Å². The van der Waals surface area contributed by atoms with Gasteiger partial charge in [0.2, 0.25) is 0 Å². The van der Waals surface area contributed by atoms with E-state index in [2.05, 4.69) is 10.3 Å². The van der Waals surface area contributed by atoms with E-state index in [1.807, 2.05) is 0 Å². The van der Waals surface area contributed by atoms with Crippen LogP contribution >= 0.6 is 11.6 Å². The number of alkyl halides is 1. The fourth-order valence-electron chi connectivity index (χ4n) is 0.801. The van der Waals surface area contributed by atoms with Crippen molar-refractivity contribution in [2.45, 2.75) is 0 Å². The van der Waals surface area contributed by atoms with Crippen molar-refractivity contribution in [2.24, 2.45) is 0 Å². The summed E-state index contributed by atoms with van der Waals surface area (Å²) in [6, 6.07) is 1.51. The molecule has 0 saturated carbocycles. The average molecular weight is 203 g/mol. The number of halogens is 2. The number of nitrogens with one attached hydrogen (secondary N) is 1. The first-order valence-electron chi connectivity index (χ1n) is 3.69. The first kappa shape index (κ1) is 9.92. The summed E-state index contributed by atoms with van der Waals surface area (Å²) >= 11 is 5.70. The summed E-state index contributed by atoms with van der Waals surface area (Å²) < 4.78 is 11.7. The molecule has 0 fully saturated rings. The maximum Gasteiger partial charge on any atom is 0.254 e. The second-order valence-corrected chi connectivity index (χ2v) is 2.71. The van der Waals surface area contributed by atoms with Crippen molar-refractivity contribution in [3.05, 3.63) is 29.0 Å². The molecule has 1 aromatic rings. The highest BCUT2D eigenvalue weighted by Crippen LogP contribution is 2.12. The van der Waals surface area contributed by atoms with E-state index in [-0.39, 0.29) is 12.1 Å². The Labute approximate surface area is 79.9 Å². The van der Waals surface area contributed by atoms with Gasteiger partial charge in [-0.25, -0.2) is 4.39 Å². The predicted octanol–water partition coefficient (Wildman–Crippen LogP) is 1.43. The Morgan fingerprint density at radius 3 is 3.08 bits per heavy atom. The quantitative estimate of drug-likeness (QED) is 0.806. The van der Waals surface area contributed by atoms with Gasteiger partial charge in [0.1, 0.15) is 6.67 Å². The Morgan fingerprint density at radius 2 is 2.46 bits per heavy atom. The normalized spacial score (nSPS) is 9.69. The summed E-state index contributed by atoms with van der Waals surface area (Å²) in [5, 5.41) is 2.66. The Kier molecular flexibility index (Phi) is 3.64. The number of nitrogens with zero attached hydrogens (tertiary/aromatic N) is 1. The lowest BCUT2D eigenvalue weighted by atomic mass is 10.2. The van der Waals surface area contributed by atoms with E-state index in [0.29, 0.717) is 5.02 Å². The van der Waals surface area contributed by atoms with E-state index in [0.717, 1.165) is 0 Å². The van der Waals surface area contributed by atoms with E-state index >= 15 is 0 Å². The molecule has 0 aliphatic carbocycles. The molecule has 0 aliphatic rings. The topological polar surface area (TPSA) is 42.0 Å². The van der Waals surface area contributed by atoms with Crippen LogP contribution in [0.1, 0.15) is 10.4 Å².